The first-order valence-corrected chi connectivity index (χ1v) is 13.3. The van der Waals surface area contributed by atoms with Crippen LogP contribution in [0, 0.1) is 5.82 Å². The predicted octanol–water partition coefficient (Wildman–Crippen LogP) is 5.02. The van der Waals surface area contributed by atoms with Crippen molar-refractivity contribution < 1.29 is 12.8 Å². The Morgan fingerprint density at radius 2 is 1.70 bits per heavy atom. The lowest BCUT2D eigenvalue weighted by atomic mass is 9.96. The number of anilines is 1. The lowest BCUT2D eigenvalue weighted by Gasteiger charge is -2.30. The van der Waals surface area contributed by atoms with Crippen LogP contribution in [0.15, 0.2) is 47.4 Å². The second-order valence-corrected chi connectivity index (χ2v) is 10.8. The molecule has 0 radical (unpaired) electrons. The number of hydrogen-bond donors (Lipinski definition) is 0. The summed E-state index contributed by atoms with van der Waals surface area (Å²) in [6.07, 6.45) is 5.16. The van der Waals surface area contributed by atoms with Gasteiger partial charge in [0.2, 0.25) is 10.0 Å². The van der Waals surface area contributed by atoms with E-state index in [1.165, 1.54) is 18.6 Å². The van der Waals surface area contributed by atoms with Crippen LogP contribution in [0.4, 0.5) is 10.2 Å². The second-order valence-electron chi connectivity index (χ2n) is 8.77. The number of fused-ring (bicyclic) bond motifs is 1. The lowest BCUT2D eigenvalue weighted by Crippen LogP contribution is -2.38. The smallest absolute Gasteiger partial charge is 0.243 e. The number of aromatic nitrogens is 2. The van der Waals surface area contributed by atoms with Gasteiger partial charge in [-0.25, -0.2) is 12.8 Å². The van der Waals surface area contributed by atoms with E-state index in [1.807, 2.05) is 10.7 Å². The molecule has 0 unspecified atom stereocenters. The number of benzene rings is 2. The van der Waals surface area contributed by atoms with Crippen LogP contribution in [-0.4, -0.2) is 48.7 Å². The molecule has 1 heterocycles. The van der Waals surface area contributed by atoms with Crippen LogP contribution in [0.1, 0.15) is 51.5 Å². The zero-order valence-electron chi connectivity index (χ0n) is 19.7. The molecule has 0 N–H and O–H groups in total. The van der Waals surface area contributed by atoms with E-state index >= 15 is 0 Å². The highest BCUT2D eigenvalue weighted by atomic mass is 32.2. The quantitative estimate of drug-likeness (QED) is 0.462. The molecule has 178 valence electrons. The zero-order valence-corrected chi connectivity index (χ0v) is 20.5. The molecular formula is C25H33FN4O2S. The van der Waals surface area contributed by atoms with E-state index in [-0.39, 0.29) is 11.9 Å². The summed E-state index contributed by atoms with van der Waals surface area (Å²) in [5.41, 5.74) is 1.79. The number of rotatable bonds is 8. The van der Waals surface area contributed by atoms with E-state index in [9.17, 15) is 12.8 Å². The molecule has 2 aromatic carbocycles. The summed E-state index contributed by atoms with van der Waals surface area (Å²) in [5.74, 6) is 0.499. The molecule has 1 fully saturated rings. The Bertz CT molecular complexity index is 1200. The fourth-order valence-corrected chi connectivity index (χ4v) is 6.19. The first-order chi connectivity index (χ1) is 15.8. The highest BCUT2D eigenvalue weighted by Crippen LogP contribution is 2.32. The maximum absolute atomic E-state index is 13.5. The average Bonchev–Trinajstić information content (AvgIpc) is 3.19. The Hall–Kier alpha value is -2.45. The Labute approximate surface area is 196 Å². The van der Waals surface area contributed by atoms with Crippen LogP contribution in [0.5, 0.6) is 0 Å². The fourth-order valence-electron chi connectivity index (χ4n) is 4.75. The highest BCUT2D eigenvalue weighted by molar-refractivity contribution is 7.89. The van der Waals surface area contributed by atoms with Gasteiger partial charge in [-0.1, -0.05) is 31.4 Å². The van der Waals surface area contributed by atoms with E-state index in [0.29, 0.717) is 11.4 Å². The Morgan fingerprint density at radius 1 is 1.03 bits per heavy atom. The molecule has 1 saturated carbocycles. The Kier molecular flexibility index (Phi) is 7.05. The van der Waals surface area contributed by atoms with Crippen molar-refractivity contribution in [1.82, 2.24) is 14.1 Å². The Morgan fingerprint density at radius 3 is 2.33 bits per heavy atom. The van der Waals surface area contributed by atoms with Gasteiger partial charge >= 0.3 is 0 Å². The molecule has 33 heavy (non-hydrogen) atoms. The fraction of sp³-hybridized carbons (Fsp3) is 0.480. The van der Waals surface area contributed by atoms with Crippen LogP contribution in [0.3, 0.4) is 0 Å². The Balaban J connectivity index is 1.76. The van der Waals surface area contributed by atoms with E-state index in [4.69, 9.17) is 5.10 Å². The molecule has 0 atom stereocenters. The van der Waals surface area contributed by atoms with E-state index < -0.39 is 10.0 Å². The van der Waals surface area contributed by atoms with Crippen molar-refractivity contribution in [1.29, 1.82) is 0 Å². The first kappa shape index (κ1) is 23.7. The van der Waals surface area contributed by atoms with E-state index in [2.05, 4.69) is 18.7 Å². The lowest BCUT2D eigenvalue weighted by molar-refractivity contribution is 0.286. The molecular weight excluding hydrogens is 439 g/mol. The monoisotopic (exact) mass is 472 g/mol. The number of sulfonamides is 1. The summed E-state index contributed by atoms with van der Waals surface area (Å²) in [7, 11) is -1.90. The normalized spacial score (nSPS) is 15.4. The number of nitrogens with zero attached hydrogens (tertiary/aromatic N) is 4. The van der Waals surface area contributed by atoms with E-state index in [1.54, 1.807) is 35.6 Å². The summed E-state index contributed by atoms with van der Waals surface area (Å²) in [5, 5.41) is 5.67. The van der Waals surface area contributed by atoms with Crippen molar-refractivity contribution in [3.63, 3.8) is 0 Å². The zero-order chi connectivity index (χ0) is 23.6. The van der Waals surface area contributed by atoms with Crippen molar-refractivity contribution in [3.05, 3.63) is 53.8 Å². The minimum atomic E-state index is -3.60. The van der Waals surface area contributed by atoms with Crippen molar-refractivity contribution in [2.24, 2.45) is 0 Å². The van der Waals surface area contributed by atoms with Crippen molar-refractivity contribution in [2.75, 3.05) is 25.0 Å². The topological polar surface area (TPSA) is 58.4 Å². The third kappa shape index (κ3) is 4.77. The molecule has 0 bridgehead atoms. The first-order valence-electron chi connectivity index (χ1n) is 11.8. The van der Waals surface area contributed by atoms with Crippen LogP contribution >= 0.6 is 0 Å². The SMILES string of the molecule is CCN(CC)c1nn(Cc2ccc(F)cc2)c2ccc(S(=O)(=O)N(C)C3CCCCC3)cc12. The van der Waals surface area contributed by atoms with Crippen LogP contribution < -0.4 is 4.90 Å². The standard InChI is InChI=1S/C25H33FN4O2S/c1-4-29(5-2)25-23-17-22(33(31,32)28(3)21-9-7-6-8-10-21)15-16-24(23)30(27-25)18-19-11-13-20(26)14-12-19/h11-17,21H,4-10,18H2,1-3H3. The van der Waals surface area contributed by atoms with Gasteiger partial charge < -0.3 is 4.90 Å². The molecule has 4 rings (SSSR count). The predicted molar refractivity (Wildman–Crippen MR) is 131 cm³/mol. The van der Waals surface area contributed by atoms with Gasteiger partial charge in [-0.2, -0.15) is 9.40 Å². The van der Waals surface area contributed by atoms with Gasteiger partial charge in [-0.15, -0.1) is 0 Å². The van der Waals surface area contributed by atoms with E-state index in [0.717, 1.165) is 61.1 Å². The van der Waals surface area contributed by atoms with Gasteiger partial charge in [0.15, 0.2) is 5.82 Å². The highest BCUT2D eigenvalue weighted by Gasteiger charge is 2.30. The molecule has 0 aliphatic heterocycles. The van der Waals surface area contributed by atoms with Gasteiger partial charge in [-0.3, -0.25) is 4.68 Å². The van der Waals surface area contributed by atoms with Crippen LogP contribution in [0.25, 0.3) is 10.9 Å². The minimum Gasteiger partial charge on any atom is -0.355 e. The largest absolute Gasteiger partial charge is 0.355 e. The molecule has 3 aromatic rings. The van der Waals surface area contributed by atoms with Gasteiger partial charge in [0.25, 0.3) is 0 Å². The maximum Gasteiger partial charge on any atom is 0.243 e. The number of hydrogen-bond acceptors (Lipinski definition) is 4. The number of halogens is 1. The van der Waals surface area contributed by atoms with Crippen LogP contribution in [0.2, 0.25) is 0 Å². The third-order valence-electron chi connectivity index (χ3n) is 6.78. The summed E-state index contributed by atoms with van der Waals surface area (Å²) >= 11 is 0. The summed E-state index contributed by atoms with van der Waals surface area (Å²) in [4.78, 5) is 2.43. The third-order valence-corrected chi connectivity index (χ3v) is 8.68. The van der Waals surface area contributed by atoms with Crippen molar-refractivity contribution >= 4 is 26.7 Å². The van der Waals surface area contributed by atoms with Gasteiger partial charge in [-0.05, 0) is 62.6 Å². The maximum atomic E-state index is 13.5. The molecule has 1 aliphatic carbocycles. The molecule has 0 spiro atoms. The summed E-state index contributed by atoms with van der Waals surface area (Å²) in [6, 6.07) is 11.7. The molecule has 1 aromatic heterocycles. The van der Waals surface area contributed by atoms with Gasteiger partial charge in [0.05, 0.1) is 17.0 Å². The summed E-state index contributed by atoms with van der Waals surface area (Å²) < 4.78 is 43.7. The van der Waals surface area contributed by atoms with Gasteiger partial charge in [0, 0.05) is 31.6 Å². The summed E-state index contributed by atoms with van der Waals surface area (Å²) in [6.45, 7) is 6.12. The molecule has 0 saturated heterocycles. The molecule has 1 aliphatic rings. The molecule has 0 amide bonds. The van der Waals surface area contributed by atoms with Crippen LogP contribution in [-0.2, 0) is 16.6 Å². The molecule has 8 heteroatoms. The van der Waals surface area contributed by atoms with Crippen molar-refractivity contribution in [3.8, 4) is 0 Å². The second kappa shape index (κ2) is 9.81. The van der Waals surface area contributed by atoms with Gasteiger partial charge in [0.1, 0.15) is 5.82 Å². The average molecular weight is 473 g/mol. The minimum absolute atomic E-state index is 0.0582. The van der Waals surface area contributed by atoms with Crippen molar-refractivity contribution in [2.45, 2.75) is 63.4 Å². The molecule has 6 nitrogen and oxygen atoms in total.